The number of fused-ring (bicyclic) bond motifs is 2. The second-order valence-electron chi connectivity index (χ2n) is 12.2. The number of hydrogen-bond donors (Lipinski definition) is 2. The first-order valence-electron chi connectivity index (χ1n) is 15.8. The Morgan fingerprint density at radius 2 is 1.72 bits per heavy atom. The molecule has 0 amide bonds. The topological polar surface area (TPSA) is 93.1 Å². The van der Waals surface area contributed by atoms with Crippen molar-refractivity contribution >= 4 is 37.5 Å². The summed E-state index contributed by atoms with van der Waals surface area (Å²) in [5.41, 5.74) is 5.56. The van der Waals surface area contributed by atoms with Crippen molar-refractivity contribution in [3.8, 4) is 23.0 Å². The normalized spacial score (nSPS) is 19.4. The van der Waals surface area contributed by atoms with Crippen LogP contribution in [0.25, 0.3) is 0 Å². The predicted molar refractivity (Wildman–Crippen MR) is 187 cm³/mol. The van der Waals surface area contributed by atoms with Crippen molar-refractivity contribution in [2.75, 3.05) is 45.2 Å². The van der Waals surface area contributed by atoms with E-state index in [1.807, 2.05) is 66.5 Å². The lowest BCUT2D eigenvalue weighted by Gasteiger charge is -2.34. The van der Waals surface area contributed by atoms with Crippen LogP contribution in [-0.2, 0) is 11.3 Å². The van der Waals surface area contributed by atoms with E-state index in [2.05, 4.69) is 55.8 Å². The Morgan fingerprint density at radius 3 is 2.49 bits per heavy atom. The van der Waals surface area contributed by atoms with E-state index >= 15 is 0 Å². The van der Waals surface area contributed by atoms with Gasteiger partial charge in [0.25, 0.3) is 6.29 Å². The molecular formula is C36H40Br2N2O7. The van der Waals surface area contributed by atoms with E-state index in [0.717, 1.165) is 58.7 Å². The quantitative estimate of drug-likeness (QED) is 0.258. The molecule has 3 heterocycles. The molecule has 3 aliphatic heterocycles. The average molecular weight is 773 g/mol. The zero-order valence-electron chi connectivity index (χ0n) is 26.5. The van der Waals surface area contributed by atoms with Crippen molar-refractivity contribution in [2.24, 2.45) is 5.92 Å². The van der Waals surface area contributed by atoms with Crippen LogP contribution in [0.15, 0.2) is 87.0 Å². The van der Waals surface area contributed by atoms with Crippen LogP contribution in [0, 0.1) is 5.92 Å². The summed E-state index contributed by atoms with van der Waals surface area (Å²) >= 11 is 7.13. The molecule has 0 saturated carbocycles. The molecule has 3 aromatic rings. The molecule has 4 aliphatic rings. The van der Waals surface area contributed by atoms with Crippen molar-refractivity contribution < 1.29 is 33.9 Å². The largest absolute Gasteiger partial charge is 0.454 e. The zero-order valence-corrected chi connectivity index (χ0v) is 29.7. The van der Waals surface area contributed by atoms with Gasteiger partial charge in [0.1, 0.15) is 6.73 Å². The third kappa shape index (κ3) is 8.16. The molecule has 250 valence electrons. The zero-order chi connectivity index (χ0) is 32.9. The Morgan fingerprint density at radius 1 is 0.957 bits per heavy atom. The number of benzene rings is 3. The highest BCUT2D eigenvalue weighted by atomic mass is 79.9. The van der Waals surface area contributed by atoms with E-state index < -0.39 is 12.4 Å². The van der Waals surface area contributed by atoms with E-state index in [4.69, 9.17) is 28.8 Å². The van der Waals surface area contributed by atoms with Crippen molar-refractivity contribution in [2.45, 2.75) is 45.1 Å². The molecular weight excluding hydrogens is 732 g/mol. The molecule has 0 radical (unpaired) electrons. The number of nitrogens with zero attached hydrogens (tertiary/aromatic N) is 2. The standard InChI is InChI=1S/C18H20BrNO4.C18H20BrNO3/c1-20(8-9-21)11-12-6-7-13(19)10-14(12)17(22)18-23-15-4-2-3-5-16(15)24-18;1-12-6-13-2-3-14(19)7-16(13)20(10-21-9-12)15-4-5-17-18(8-15)23-11-22-17/h2-7,10,17-18,21-22H,8-9,11H2,1H3;4-5,7-8,12H,2-3,6,9-11H2,1H3. The van der Waals surface area contributed by atoms with Gasteiger partial charge >= 0.3 is 0 Å². The molecule has 11 heteroatoms. The fourth-order valence-corrected chi connectivity index (χ4v) is 6.87. The van der Waals surface area contributed by atoms with Gasteiger partial charge in [-0.05, 0) is 95.9 Å². The van der Waals surface area contributed by atoms with Gasteiger partial charge in [-0.3, -0.25) is 4.90 Å². The molecule has 0 fully saturated rings. The maximum absolute atomic E-state index is 10.8. The number of hydrogen-bond acceptors (Lipinski definition) is 9. The number of aliphatic hydroxyl groups is 2. The van der Waals surface area contributed by atoms with Crippen LogP contribution in [0.3, 0.4) is 0 Å². The maximum atomic E-state index is 10.8. The lowest BCUT2D eigenvalue weighted by molar-refractivity contribution is -0.0610. The Kier molecular flexibility index (Phi) is 11.1. The molecule has 47 heavy (non-hydrogen) atoms. The monoisotopic (exact) mass is 770 g/mol. The maximum Gasteiger partial charge on any atom is 0.271 e. The summed E-state index contributed by atoms with van der Waals surface area (Å²) in [5.74, 6) is 3.44. The summed E-state index contributed by atoms with van der Waals surface area (Å²) in [6, 6.07) is 19.2. The Labute approximate surface area is 292 Å². The minimum absolute atomic E-state index is 0.0923. The van der Waals surface area contributed by atoms with Crippen LogP contribution in [0.2, 0.25) is 0 Å². The van der Waals surface area contributed by atoms with Crippen LogP contribution >= 0.6 is 31.9 Å². The van der Waals surface area contributed by atoms with Crippen molar-refractivity contribution in [3.05, 3.63) is 98.1 Å². The molecule has 9 nitrogen and oxygen atoms in total. The highest BCUT2D eigenvalue weighted by Crippen LogP contribution is 2.41. The summed E-state index contributed by atoms with van der Waals surface area (Å²) < 4.78 is 30.5. The Balaban J connectivity index is 0.000000164. The average Bonchev–Trinajstić information content (AvgIpc) is 3.71. The molecule has 2 atom stereocenters. The van der Waals surface area contributed by atoms with Crippen LogP contribution in [0.5, 0.6) is 23.0 Å². The SMILES string of the molecule is CC1COCN(c2ccc3c(c2)OCO3)C2=C(CCC(Br)=C2)C1.CN(CCO)Cc1ccc(Br)cc1C(O)C1Oc2ccccc2O1. The van der Waals surface area contributed by atoms with E-state index in [1.165, 1.54) is 15.8 Å². The van der Waals surface area contributed by atoms with Gasteiger partial charge in [-0.2, -0.15) is 0 Å². The first kappa shape index (κ1) is 33.8. The minimum atomic E-state index is -0.924. The summed E-state index contributed by atoms with van der Waals surface area (Å²) in [5, 5.41) is 19.9. The predicted octanol–water partition coefficient (Wildman–Crippen LogP) is 7.27. The highest BCUT2D eigenvalue weighted by molar-refractivity contribution is 9.11. The first-order chi connectivity index (χ1) is 22.8. The van der Waals surface area contributed by atoms with Crippen LogP contribution < -0.4 is 23.8 Å². The molecule has 1 aliphatic carbocycles. The number of likely N-dealkylation sites (N-methyl/N-ethyl adjacent to an activating group) is 1. The Bertz CT molecular complexity index is 1610. The van der Waals surface area contributed by atoms with Gasteiger partial charge in [0, 0.05) is 35.0 Å². The third-order valence-corrected chi connectivity index (χ3v) is 9.56. The van der Waals surface area contributed by atoms with Gasteiger partial charge in [0.15, 0.2) is 29.1 Å². The fraction of sp³-hybridized carbons (Fsp3) is 0.389. The fourth-order valence-electron chi connectivity index (χ4n) is 6.08. The van der Waals surface area contributed by atoms with Crippen molar-refractivity contribution in [1.29, 1.82) is 0 Å². The number of ether oxygens (including phenoxy) is 5. The summed E-state index contributed by atoms with van der Waals surface area (Å²) in [4.78, 5) is 4.23. The van der Waals surface area contributed by atoms with E-state index in [9.17, 15) is 5.11 Å². The number of aliphatic hydroxyl groups excluding tert-OH is 2. The van der Waals surface area contributed by atoms with E-state index in [1.54, 1.807) is 0 Å². The van der Waals surface area contributed by atoms with Crippen molar-refractivity contribution in [3.63, 3.8) is 0 Å². The molecule has 7 rings (SSSR count). The minimum Gasteiger partial charge on any atom is -0.454 e. The molecule has 0 spiro atoms. The second kappa shape index (κ2) is 15.4. The van der Waals surface area contributed by atoms with Gasteiger partial charge in [-0.15, -0.1) is 0 Å². The van der Waals surface area contributed by atoms with Gasteiger partial charge in [0.05, 0.1) is 13.2 Å². The highest BCUT2D eigenvalue weighted by Gasteiger charge is 2.33. The summed E-state index contributed by atoms with van der Waals surface area (Å²) in [7, 11) is 1.92. The first-order valence-corrected chi connectivity index (χ1v) is 17.4. The van der Waals surface area contributed by atoms with Gasteiger partial charge in [0.2, 0.25) is 6.79 Å². The second-order valence-corrected chi connectivity index (χ2v) is 14.1. The van der Waals surface area contributed by atoms with Gasteiger partial charge in [-0.1, -0.05) is 57.0 Å². The smallest absolute Gasteiger partial charge is 0.271 e. The molecule has 0 aromatic heterocycles. The van der Waals surface area contributed by atoms with Gasteiger partial charge < -0.3 is 38.8 Å². The van der Waals surface area contributed by atoms with Crippen molar-refractivity contribution in [1.82, 2.24) is 4.90 Å². The van der Waals surface area contributed by atoms with E-state index in [-0.39, 0.29) is 6.61 Å². The molecule has 3 aromatic carbocycles. The van der Waals surface area contributed by atoms with Crippen LogP contribution in [-0.4, -0.2) is 61.7 Å². The van der Waals surface area contributed by atoms with Crippen LogP contribution in [0.1, 0.15) is 43.4 Å². The third-order valence-electron chi connectivity index (χ3n) is 8.44. The van der Waals surface area contributed by atoms with Crippen LogP contribution in [0.4, 0.5) is 5.69 Å². The lowest BCUT2D eigenvalue weighted by atomic mass is 9.92. The number of rotatable bonds is 7. The number of allylic oxidation sites excluding steroid dienone is 3. The lowest BCUT2D eigenvalue weighted by Crippen LogP contribution is -2.30. The number of anilines is 1. The number of halogens is 2. The molecule has 2 unspecified atom stereocenters. The molecule has 0 saturated heterocycles. The summed E-state index contributed by atoms with van der Waals surface area (Å²) in [6.45, 7) is 5.17. The molecule has 2 N–H and O–H groups in total. The summed E-state index contributed by atoms with van der Waals surface area (Å²) in [6.07, 6.45) is 3.82. The number of para-hydroxylation sites is 2. The van der Waals surface area contributed by atoms with Gasteiger partial charge in [-0.25, -0.2) is 0 Å². The van der Waals surface area contributed by atoms with E-state index in [0.29, 0.717) is 44.0 Å². The Hall–Kier alpha value is -3.06. The molecule has 0 bridgehead atoms.